The first-order valence-corrected chi connectivity index (χ1v) is 19.2. The minimum atomic E-state index is 0. The smallest absolute Gasteiger partial charge is 0.857 e. The van der Waals surface area contributed by atoms with Gasteiger partial charge in [-0.25, -0.2) is 9.36 Å². The fourth-order valence-electron chi connectivity index (χ4n) is 6.39. The van der Waals surface area contributed by atoms with Crippen LogP contribution >= 0.6 is 0 Å². The molecule has 14 heteroatoms. The van der Waals surface area contributed by atoms with Crippen molar-refractivity contribution in [1.82, 2.24) is 40.4 Å². The van der Waals surface area contributed by atoms with Crippen molar-refractivity contribution < 1.29 is 54.4 Å². The van der Waals surface area contributed by atoms with Gasteiger partial charge in [0.2, 0.25) is 0 Å². The van der Waals surface area contributed by atoms with E-state index in [1.54, 1.807) is 18.9 Å². The Balaban J connectivity index is 0.000000245. The van der Waals surface area contributed by atoms with Crippen LogP contribution in [0.2, 0.25) is 0 Å². The molecule has 2 heterocycles. The molecule has 61 heavy (non-hydrogen) atoms. The molecule has 2 N–H and O–H groups in total. The van der Waals surface area contributed by atoms with Crippen molar-refractivity contribution in [3.63, 3.8) is 0 Å². The minimum Gasteiger partial charge on any atom is -0.857 e. The van der Waals surface area contributed by atoms with Gasteiger partial charge in [0.25, 0.3) is 0 Å². The topological polar surface area (TPSA) is 169 Å². The van der Waals surface area contributed by atoms with Crippen LogP contribution in [-0.2, 0) is 26.1 Å². The zero-order chi connectivity index (χ0) is 42.7. The second-order valence-electron chi connectivity index (χ2n) is 13.0. The molecule has 8 aromatic rings. The third kappa shape index (κ3) is 12.5. The molecule has 0 aliphatic heterocycles. The van der Waals surface area contributed by atoms with Crippen LogP contribution in [0, 0.1) is 0 Å². The number of aliphatic hydroxyl groups is 2. The summed E-state index contributed by atoms with van der Waals surface area (Å²) in [6.45, 7) is 3.35. The molecular formula is C47H49N8NaO5. The van der Waals surface area contributed by atoms with Gasteiger partial charge >= 0.3 is 29.6 Å². The molecule has 0 aliphatic rings. The maximum Gasteiger partial charge on any atom is 1.00 e. The number of tetrazole rings is 2. The molecule has 0 atom stereocenters. The predicted octanol–water partition coefficient (Wildman–Crippen LogP) is 3.77. The zero-order valence-electron chi connectivity index (χ0n) is 35.4. The quantitative estimate of drug-likeness (QED) is 0.172. The van der Waals surface area contributed by atoms with E-state index in [2.05, 4.69) is 80.4 Å². The summed E-state index contributed by atoms with van der Waals surface area (Å²) in [5.41, 5.74) is 10.7. The van der Waals surface area contributed by atoms with Crippen molar-refractivity contribution in [2.24, 2.45) is 0 Å². The zero-order valence-corrected chi connectivity index (χ0v) is 37.4. The van der Waals surface area contributed by atoms with E-state index < -0.39 is 0 Å². The van der Waals surface area contributed by atoms with Gasteiger partial charge in [-0.1, -0.05) is 128 Å². The average Bonchev–Trinajstić information content (AvgIpc) is 4.00. The number of nitrogens with zero attached hydrogens (tertiary/aromatic N) is 8. The molecule has 0 aliphatic carbocycles. The van der Waals surface area contributed by atoms with Crippen molar-refractivity contribution >= 4 is 0 Å². The second kappa shape index (κ2) is 24.9. The van der Waals surface area contributed by atoms with Gasteiger partial charge in [0.05, 0.1) is 33.9 Å². The van der Waals surface area contributed by atoms with E-state index in [0.717, 1.165) is 88.0 Å². The van der Waals surface area contributed by atoms with E-state index in [1.807, 2.05) is 108 Å². The van der Waals surface area contributed by atoms with E-state index in [1.165, 1.54) is 5.56 Å². The summed E-state index contributed by atoms with van der Waals surface area (Å²) < 4.78 is 14.1. The number of aryl methyl sites for hydroxylation is 1. The Bertz CT molecular complexity index is 2300. The molecule has 0 amide bonds. The normalized spacial score (nSPS) is 10.1. The van der Waals surface area contributed by atoms with Crippen LogP contribution in [0.4, 0.5) is 0 Å². The Hall–Kier alpha value is -6.06. The number of aliphatic hydroxyl groups excluding tert-OH is 2. The van der Waals surface area contributed by atoms with Gasteiger partial charge in [-0.3, -0.25) is 0 Å². The maximum absolute atomic E-state index is 9.28. The molecule has 6 aromatic carbocycles. The molecule has 13 nitrogen and oxygen atoms in total. The molecule has 0 bridgehead atoms. The van der Waals surface area contributed by atoms with Crippen LogP contribution in [0.3, 0.4) is 0 Å². The standard InChI is InChI=1S/C23H22N4O.C22H20N4O2.CH4O.CH3O.Na/c1-3-17-8-12-19(13-9-17)21-6-4-5-7-22(21)23-24-25-26-27(23)16-18-10-14-20(28-2)15-11-18;1-28-19-12-8-16(9-13-19)14-26-22(23-24-25-26)21-5-3-2-4-20(21)18-10-6-17(15-27)7-11-18;2*1-2;/h4-15H,3,16H2,1-2H3;2-13,27H,14-15H2,1H3;2H,1H3;1H3;/q;;;-1;+1. The van der Waals surface area contributed by atoms with E-state index >= 15 is 0 Å². The molecule has 0 fully saturated rings. The molecule has 0 saturated carbocycles. The van der Waals surface area contributed by atoms with E-state index in [-0.39, 0.29) is 36.2 Å². The van der Waals surface area contributed by atoms with Gasteiger partial charge < -0.3 is 24.8 Å². The largest absolute Gasteiger partial charge is 1.00 e. The second-order valence-corrected chi connectivity index (χ2v) is 13.0. The van der Waals surface area contributed by atoms with Crippen molar-refractivity contribution in [2.45, 2.75) is 33.0 Å². The first kappa shape index (κ1) is 47.6. The molecule has 308 valence electrons. The van der Waals surface area contributed by atoms with Gasteiger partial charge in [-0.05, 0) is 96.0 Å². The molecular weight excluding hydrogens is 780 g/mol. The van der Waals surface area contributed by atoms with Crippen LogP contribution in [0.5, 0.6) is 11.5 Å². The van der Waals surface area contributed by atoms with Crippen LogP contribution in [0.15, 0.2) is 146 Å². The van der Waals surface area contributed by atoms with Gasteiger partial charge in [0.15, 0.2) is 11.6 Å². The van der Waals surface area contributed by atoms with Crippen molar-refractivity contribution in [3.8, 4) is 56.5 Å². The number of hydrogen-bond acceptors (Lipinski definition) is 11. The van der Waals surface area contributed by atoms with Crippen LogP contribution in [0.25, 0.3) is 45.0 Å². The Morgan fingerprint density at radius 1 is 0.492 bits per heavy atom. The van der Waals surface area contributed by atoms with Gasteiger partial charge in [-0.2, -0.15) is 7.11 Å². The Morgan fingerprint density at radius 3 is 1.18 bits per heavy atom. The number of methoxy groups -OCH3 is 2. The fourth-order valence-corrected chi connectivity index (χ4v) is 6.39. The van der Waals surface area contributed by atoms with E-state index in [0.29, 0.717) is 18.9 Å². The third-order valence-electron chi connectivity index (χ3n) is 9.50. The van der Waals surface area contributed by atoms with Crippen molar-refractivity contribution in [3.05, 3.63) is 168 Å². The Morgan fingerprint density at radius 2 is 0.836 bits per heavy atom. The molecule has 0 spiro atoms. The molecule has 8 rings (SSSR count). The van der Waals surface area contributed by atoms with Gasteiger partial charge in [-0.15, -0.1) is 10.2 Å². The van der Waals surface area contributed by atoms with Gasteiger partial charge in [0, 0.05) is 18.2 Å². The SMILES string of the molecule is CCc1ccc(-c2ccccc2-c2nnnn2Cc2ccc(OC)cc2)cc1.CO.COc1ccc(Cn2nnnc2-c2ccccc2-c2ccc(CO)cc2)cc1.C[O-].[Na+]. The van der Waals surface area contributed by atoms with Crippen LogP contribution in [0.1, 0.15) is 29.2 Å². The Kier molecular flexibility index (Phi) is 19.4. The molecule has 0 saturated heterocycles. The van der Waals surface area contributed by atoms with E-state index in [9.17, 15) is 5.11 Å². The monoisotopic (exact) mass is 828 g/mol. The number of hydrogen-bond donors (Lipinski definition) is 2. The first-order valence-electron chi connectivity index (χ1n) is 19.2. The summed E-state index contributed by atoms with van der Waals surface area (Å²) in [5.74, 6) is 3.11. The number of rotatable bonds is 12. The van der Waals surface area contributed by atoms with Crippen molar-refractivity contribution in [1.29, 1.82) is 0 Å². The van der Waals surface area contributed by atoms with E-state index in [4.69, 9.17) is 19.7 Å². The summed E-state index contributed by atoms with van der Waals surface area (Å²) >= 11 is 0. The van der Waals surface area contributed by atoms with Crippen LogP contribution in [-0.4, -0.2) is 79.1 Å². The summed E-state index contributed by atoms with van der Waals surface area (Å²) in [4.78, 5) is 0. The third-order valence-corrected chi connectivity index (χ3v) is 9.50. The number of aromatic nitrogens is 8. The van der Waals surface area contributed by atoms with Gasteiger partial charge in [0.1, 0.15) is 11.5 Å². The number of benzene rings is 6. The average molecular weight is 829 g/mol. The summed E-state index contributed by atoms with van der Waals surface area (Å²) in [5, 5.41) is 49.3. The predicted molar refractivity (Wildman–Crippen MR) is 231 cm³/mol. The molecule has 2 aromatic heterocycles. The summed E-state index contributed by atoms with van der Waals surface area (Å²) in [6, 6.07) is 48.6. The number of ether oxygens (including phenoxy) is 2. The summed E-state index contributed by atoms with van der Waals surface area (Å²) in [6.07, 6.45) is 1.03. The van der Waals surface area contributed by atoms with Crippen molar-refractivity contribution in [2.75, 3.05) is 28.4 Å². The molecule has 0 radical (unpaired) electrons. The Labute approximate surface area is 378 Å². The molecule has 0 unspecified atom stereocenters. The first-order chi connectivity index (χ1) is 29.6. The maximum atomic E-state index is 9.28. The fraction of sp³-hybridized carbons (Fsp3) is 0.191. The minimum absolute atomic E-state index is 0. The van der Waals surface area contributed by atoms with Crippen LogP contribution < -0.4 is 44.1 Å². The summed E-state index contributed by atoms with van der Waals surface area (Å²) in [7, 11) is 5.07.